The fraction of sp³-hybridized carbons (Fsp3) is 0.875. The molecule has 0 aromatic heterocycles. The van der Waals surface area contributed by atoms with E-state index in [0.29, 0.717) is 38.8 Å². The molecule has 1 saturated carbocycles. The zero-order chi connectivity index (χ0) is 17.8. The highest BCUT2D eigenvalue weighted by Gasteiger charge is 2.42. The van der Waals surface area contributed by atoms with Crippen LogP contribution >= 0.6 is 0 Å². The molecule has 8 heteroatoms. The van der Waals surface area contributed by atoms with Gasteiger partial charge in [0, 0.05) is 19.0 Å². The van der Waals surface area contributed by atoms with E-state index in [9.17, 15) is 23.1 Å². The van der Waals surface area contributed by atoms with Crippen LogP contribution in [-0.4, -0.2) is 54.1 Å². The Morgan fingerprint density at radius 3 is 2.12 bits per heavy atom. The maximum atomic E-state index is 12.6. The average molecular weight is 360 g/mol. The molecule has 0 aromatic rings. The third-order valence-electron chi connectivity index (χ3n) is 5.31. The van der Waals surface area contributed by atoms with E-state index in [4.69, 9.17) is 0 Å². The van der Waals surface area contributed by atoms with Gasteiger partial charge in [0.05, 0.1) is 5.75 Å². The van der Waals surface area contributed by atoms with Gasteiger partial charge < -0.3 is 10.4 Å². The average Bonchev–Trinajstić information content (AvgIpc) is 2.81. The van der Waals surface area contributed by atoms with Crippen LogP contribution in [0.4, 0.5) is 0 Å². The van der Waals surface area contributed by atoms with E-state index < -0.39 is 21.5 Å². The maximum absolute atomic E-state index is 12.6. The molecule has 1 heterocycles. The van der Waals surface area contributed by atoms with Crippen molar-refractivity contribution >= 4 is 21.9 Å². The summed E-state index contributed by atoms with van der Waals surface area (Å²) in [5.74, 6) is -1.45. The predicted molar refractivity (Wildman–Crippen MR) is 90.0 cm³/mol. The van der Waals surface area contributed by atoms with Crippen LogP contribution in [0.5, 0.6) is 0 Å². The summed E-state index contributed by atoms with van der Waals surface area (Å²) in [4.78, 5) is 24.3. The van der Waals surface area contributed by atoms with Gasteiger partial charge in [0.2, 0.25) is 15.9 Å². The minimum Gasteiger partial charge on any atom is -0.480 e. The fourth-order valence-corrected chi connectivity index (χ4v) is 4.77. The van der Waals surface area contributed by atoms with Crippen molar-refractivity contribution in [3.8, 4) is 0 Å². The monoisotopic (exact) mass is 360 g/mol. The first-order chi connectivity index (χ1) is 11.3. The standard InChI is InChI=1S/C16H28N2O5S/c1-2-24(22,23)18-11-7-13(8-12-18)14(19)17-16(15(20)21)9-5-3-4-6-10-16/h13H,2-12H2,1H3,(H,17,19)(H,20,21). The van der Waals surface area contributed by atoms with Crippen molar-refractivity contribution in [3.05, 3.63) is 0 Å². The minimum absolute atomic E-state index is 0.0615. The highest BCUT2D eigenvalue weighted by atomic mass is 32.2. The Hall–Kier alpha value is -1.15. The van der Waals surface area contributed by atoms with Crippen molar-refractivity contribution in [2.75, 3.05) is 18.8 Å². The van der Waals surface area contributed by atoms with E-state index >= 15 is 0 Å². The van der Waals surface area contributed by atoms with Gasteiger partial charge in [-0.15, -0.1) is 0 Å². The van der Waals surface area contributed by atoms with Crippen LogP contribution in [0, 0.1) is 5.92 Å². The Kier molecular flexibility index (Phi) is 6.25. The fourth-order valence-electron chi connectivity index (χ4n) is 3.64. The van der Waals surface area contributed by atoms with E-state index in [-0.39, 0.29) is 17.6 Å². The Morgan fingerprint density at radius 1 is 1.12 bits per heavy atom. The zero-order valence-corrected chi connectivity index (χ0v) is 15.1. The third-order valence-corrected chi connectivity index (χ3v) is 7.19. The second-order valence-electron chi connectivity index (χ2n) is 6.86. The van der Waals surface area contributed by atoms with E-state index in [2.05, 4.69) is 5.32 Å². The molecule has 0 aromatic carbocycles. The van der Waals surface area contributed by atoms with Crippen LogP contribution in [0.2, 0.25) is 0 Å². The first-order valence-electron chi connectivity index (χ1n) is 8.84. The lowest BCUT2D eigenvalue weighted by Crippen LogP contribution is -2.56. The van der Waals surface area contributed by atoms with Gasteiger partial charge in [-0.2, -0.15) is 0 Å². The van der Waals surface area contributed by atoms with Gasteiger partial charge in [-0.05, 0) is 32.6 Å². The number of amides is 1. The number of nitrogens with zero attached hydrogens (tertiary/aromatic N) is 1. The summed E-state index contributed by atoms with van der Waals surface area (Å²) >= 11 is 0. The lowest BCUT2D eigenvalue weighted by molar-refractivity contribution is -0.149. The van der Waals surface area contributed by atoms with E-state index in [1.807, 2.05) is 0 Å². The van der Waals surface area contributed by atoms with Gasteiger partial charge in [0.15, 0.2) is 0 Å². The van der Waals surface area contributed by atoms with E-state index in [1.54, 1.807) is 6.92 Å². The van der Waals surface area contributed by atoms with Crippen molar-refractivity contribution in [3.63, 3.8) is 0 Å². The molecule has 1 saturated heterocycles. The molecule has 0 atom stereocenters. The maximum Gasteiger partial charge on any atom is 0.329 e. The van der Waals surface area contributed by atoms with Gasteiger partial charge in [-0.1, -0.05) is 25.7 Å². The van der Waals surface area contributed by atoms with Crippen molar-refractivity contribution in [2.24, 2.45) is 5.92 Å². The summed E-state index contributed by atoms with van der Waals surface area (Å²) in [6.07, 6.45) is 5.44. The number of piperidine rings is 1. The molecule has 2 rings (SSSR count). The second-order valence-corrected chi connectivity index (χ2v) is 9.12. The number of hydrogen-bond acceptors (Lipinski definition) is 4. The van der Waals surface area contributed by atoms with Crippen molar-refractivity contribution in [1.82, 2.24) is 9.62 Å². The van der Waals surface area contributed by atoms with Crippen LogP contribution in [0.25, 0.3) is 0 Å². The van der Waals surface area contributed by atoms with Crippen molar-refractivity contribution < 1.29 is 23.1 Å². The number of carbonyl (C=O) groups is 2. The number of carbonyl (C=O) groups excluding carboxylic acids is 1. The SMILES string of the molecule is CCS(=O)(=O)N1CCC(C(=O)NC2(C(=O)O)CCCCCC2)CC1. The first-order valence-corrected chi connectivity index (χ1v) is 10.4. The molecule has 24 heavy (non-hydrogen) atoms. The minimum atomic E-state index is -3.22. The molecule has 1 aliphatic heterocycles. The topological polar surface area (TPSA) is 104 Å². The molecule has 1 aliphatic carbocycles. The van der Waals surface area contributed by atoms with Gasteiger partial charge in [-0.3, -0.25) is 4.79 Å². The number of aliphatic carboxylic acids is 1. The molecule has 2 aliphatic rings. The van der Waals surface area contributed by atoms with Gasteiger partial charge >= 0.3 is 5.97 Å². The van der Waals surface area contributed by atoms with Crippen LogP contribution in [0.3, 0.4) is 0 Å². The lowest BCUT2D eigenvalue weighted by atomic mass is 9.88. The van der Waals surface area contributed by atoms with Crippen LogP contribution < -0.4 is 5.32 Å². The molecular weight excluding hydrogens is 332 g/mol. The Bertz CT molecular complexity index is 559. The molecule has 0 spiro atoms. The van der Waals surface area contributed by atoms with Crippen LogP contribution in [-0.2, 0) is 19.6 Å². The number of hydrogen-bond donors (Lipinski definition) is 2. The summed E-state index contributed by atoms with van der Waals surface area (Å²) in [6, 6.07) is 0. The zero-order valence-electron chi connectivity index (χ0n) is 14.3. The van der Waals surface area contributed by atoms with Crippen molar-refractivity contribution in [2.45, 2.75) is 63.8 Å². The molecule has 0 bridgehead atoms. The number of sulfonamides is 1. The molecule has 2 N–H and O–H groups in total. The lowest BCUT2D eigenvalue weighted by Gasteiger charge is -2.34. The molecule has 7 nitrogen and oxygen atoms in total. The summed E-state index contributed by atoms with van der Waals surface area (Å²) in [6.45, 7) is 2.26. The number of carboxylic acids is 1. The Labute approximate surface area is 143 Å². The number of rotatable bonds is 5. The number of carboxylic acid groups (broad SMARTS) is 1. The molecule has 0 unspecified atom stereocenters. The van der Waals surface area contributed by atoms with E-state index in [0.717, 1.165) is 25.7 Å². The van der Waals surface area contributed by atoms with Gasteiger partial charge in [0.1, 0.15) is 5.54 Å². The molecule has 1 amide bonds. The second kappa shape index (κ2) is 7.82. The summed E-state index contributed by atoms with van der Waals surface area (Å²) in [5, 5.41) is 12.4. The molecule has 138 valence electrons. The highest BCUT2D eigenvalue weighted by Crippen LogP contribution is 2.29. The summed E-state index contributed by atoms with van der Waals surface area (Å²) < 4.78 is 25.2. The molecule has 0 radical (unpaired) electrons. The smallest absolute Gasteiger partial charge is 0.329 e. The third kappa shape index (κ3) is 4.27. The Morgan fingerprint density at radius 2 is 1.67 bits per heavy atom. The summed E-state index contributed by atoms with van der Waals surface area (Å²) in [5.41, 5.74) is -1.15. The molecule has 2 fully saturated rings. The Balaban J connectivity index is 1.98. The normalized spacial score (nSPS) is 23.4. The first kappa shape index (κ1) is 19.2. The predicted octanol–water partition coefficient (Wildman–Crippen LogP) is 1.34. The number of nitrogens with one attached hydrogen (secondary N) is 1. The van der Waals surface area contributed by atoms with Gasteiger partial charge in [-0.25, -0.2) is 17.5 Å². The van der Waals surface area contributed by atoms with E-state index in [1.165, 1.54) is 4.31 Å². The quantitative estimate of drug-likeness (QED) is 0.720. The highest BCUT2D eigenvalue weighted by molar-refractivity contribution is 7.89. The summed E-state index contributed by atoms with van der Waals surface area (Å²) in [7, 11) is -3.22. The largest absolute Gasteiger partial charge is 0.480 e. The van der Waals surface area contributed by atoms with Crippen molar-refractivity contribution in [1.29, 1.82) is 0 Å². The van der Waals surface area contributed by atoms with Crippen LogP contribution in [0.1, 0.15) is 58.3 Å². The van der Waals surface area contributed by atoms with Gasteiger partial charge in [0.25, 0.3) is 0 Å². The molecular formula is C16H28N2O5S. The van der Waals surface area contributed by atoms with Crippen LogP contribution in [0.15, 0.2) is 0 Å².